The van der Waals surface area contributed by atoms with Crippen LogP contribution in [0.25, 0.3) is 0 Å². The first-order valence-electron chi connectivity index (χ1n) is 4.23. The number of halogens is 1. The van der Waals surface area contributed by atoms with Crippen LogP contribution in [0.2, 0.25) is 0 Å². The van der Waals surface area contributed by atoms with Crippen LogP contribution in [0.5, 0.6) is 0 Å². The van der Waals surface area contributed by atoms with Gasteiger partial charge in [-0.3, -0.25) is 0 Å². The highest BCUT2D eigenvalue weighted by atomic mass is 19.1. The Morgan fingerprint density at radius 3 is 2.64 bits per heavy atom. The molecule has 0 spiro atoms. The van der Waals surface area contributed by atoms with E-state index in [0.717, 1.165) is 19.3 Å². The first kappa shape index (κ1) is 7.29. The average Bonchev–Trinajstić information content (AvgIpc) is 2.02. The van der Waals surface area contributed by atoms with E-state index in [1.54, 1.807) is 0 Å². The van der Waals surface area contributed by atoms with E-state index < -0.39 is 5.67 Å². The summed E-state index contributed by atoms with van der Waals surface area (Å²) in [4.78, 5) is 0. The predicted molar refractivity (Wildman–Crippen MR) is 41.1 cm³/mol. The van der Waals surface area contributed by atoms with E-state index in [9.17, 15) is 4.39 Å². The highest BCUT2D eigenvalue weighted by Gasteiger charge is 2.45. The Morgan fingerprint density at radius 1 is 1.36 bits per heavy atom. The topological polar surface area (TPSA) is 9.23 Å². The van der Waals surface area contributed by atoms with E-state index in [-0.39, 0.29) is 5.92 Å². The number of rotatable bonds is 1. The molecule has 0 amide bonds. The van der Waals surface area contributed by atoms with E-state index in [0.29, 0.717) is 13.2 Å². The monoisotopic (exact) mass is 156 g/mol. The summed E-state index contributed by atoms with van der Waals surface area (Å²) in [5.41, 5.74) is -0.981. The van der Waals surface area contributed by atoms with Crippen LogP contribution in [-0.2, 0) is 4.74 Å². The van der Waals surface area contributed by atoms with Gasteiger partial charge in [0, 0.05) is 5.92 Å². The summed E-state index contributed by atoms with van der Waals surface area (Å²) in [6.07, 6.45) is 7.17. The molecule has 0 N–H and O–H groups in total. The highest BCUT2D eigenvalue weighted by Crippen LogP contribution is 2.37. The van der Waals surface area contributed by atoms with Crippen LogP contribution in [0.15, 0.2) is 12.2 Å². The Balaban J connectivity index is 1.98. The molecular formula is C9H13FO. The Bertz CT molecular complexity index is 172. The fourth-order valence-electron chi connectivity index (χ4n) is 1.80. The van der Waals surface area contributed by atoms with Gasteiger partial charge in [0.05, 0.1) is 13.2 Å². The number of allylic oxidation sites excluding steroid dienone is 2. The summed E-state index contributed by atoms with van der Waals surface area (Å²) >= 11 is 0. The summed E-state index contributed by atoms with van der Waals surface area (Å²) < 4.78 is 18.5. The molecule has 2 rings (SSSR count). The molecule has 0 bridgehead atoms. The highest BCUT2D eigenvalue weighted by molar-refractivity contribution is 5.01. The van der Waals surface area contributed by atoms with E-state index >= 15 is 0 Å². The smallest absolute Gasteiger partial charge is 0.160 e. The van der Waals surface area contributed by atoms with Gasteiger partial charge in [-0.05, 0) is 19.3 Å². The molecule has 11 heavy (non-hydrogen) atoms. The number of hydrogen-bond donors (Lipinski definition) is 0. The van der Waals surface area contributed by atoms with Gasteiger partial charge < -0.3 is 4.74 Å². The molecule has 2 aliphatic rings. The number of hydrogen-bond acceptors (Lipinski definition) is 1. The summed E-state index contributed by atoms with van der Waals surface area (Å²) in [6.45, 7) is 0.650. The third kappa shape index (κ3) is 1.20. The molecule has 0 aromatic rings. The van der Waals surface area contributed by atoms with Gasteiger partial charge in [0.1, 0.15) is 0 Å². The van der Waals surface area contributed by atoms with Crippen molar-refractivity contribution in [3.8, 4) is 0 Å². The van der Waals surface area contributed by atoms with Crippen molar-refractivity contribution in [3.05, 3.63) is 12.2 Å². The minimum absolute atomic E-state index is 0.223. The van der Waals surface area contributed by atoms with E-state index in [1.165, 1.54) is 0 Å². The molecule has 0 radical (unpaired) electrons. The zero-order valence-corrected chi connectivity index (χ0v) is 6.55. The molecule has 1 aliphatic heterocycles. The van der Waals surface area contributed by atoms with Crippen molar-refractivity contribution in [1.29, 1.82) is 0 Å². The minimum atomic E-state index is -0.981. The van der Waals surface area contributed by atoms with Crippen molar-refractivity contribution >= 4 is 0 Å². The number of alkyl halides is 1. The van der Waals surface area contributed by atoms with E-state index in [2.05, 4.69) is 12.2 Å². The Hall–Kier alpha value is -0.370. The Morgan fingerprint density at radius 2 is 2.18 bits per heavy atom. The molecule has 1 fully saturated rings. The van der Waals surface area contributed by atoms with Crippen molar-refractivity contribution in [1.82, 2.24) is 0 Å². The summed E-state index contributed by atoms with van der Waals surface area (Å²) in [6, 6.07) is 0. The zero-order chi connectivity index (χ0) is 7.73. The maximum absolute atomic E-state index is 13.6. The lowest BCUT2D eigenvalue weighted by Gasteiger charge is -2.40. The second-order valence-electron chi connectivity index (χ2n) is 3.51. The zero-order valence-electron chi connectivity index (χ0n) is 6.55. The lowest BCUT2D eigenvalue weighted by atomic mass is 9.79. The van der Waals surface area contributed by atoms with Crippen molar-refractivity contribution in [2.24, 2.45) is 5.92 Å². The largest absolute Gasteiger partial charge is 0.375 e. The lowest BCUT2D eigenvalue weighted by Crippen LogP contribution is -2.51. The van der Waals surface area contributed by atoms with Crippen molar-refractivity contribution in [3.63, 3.8) is 0 Å². The van der Waals surface area contributed by atoms with Crippen LogP contribution in [0.1, 0.15) is 19.3 Å². The molecule has 2 heteroatoms. The predicted octanol–water partition coefficient (Wildman–Crippen LogP) is 2.08. The van der Waals surface area contributed by atoms with Crippen LogP contribution >= 0.6 is 0 Å². The molecule has 1 unspecified atom stereocenters. The molecule has 1 saturated heterocycles. The molecule has 0 saturated carbocycles. The summed E-state index contributed by atoms with van der Waals surface area (Å²) in [5, 5.41) is 0. The minimum Gasteiger partial charge on any atom is -0.375 e. The lowest BCUT2D eigenvalue weighted by molar-refractivity contribution is -0.161. The molecule has 62 valence electrons. The maximum Gasteiger partial charge on any atom is 0.160 e. The van der Waals surface area contributed by atoms with E-state index in [1.807, 2.05) is 0 Å². The van der Waals surface area contributed by atoms with Crippen LogP contribution in [0, 0.1) is 5.92 Å². The van der Waals surface area contributed by atoms with Crippen LogP contribution in [0.3, 0.4) is 0 Å². The Labute approximate surface area is 66.2 Å². The van der Waals surface area contributed by atoms with Crippen LogP contribution < -0.4 is 0 Å². The number of ether oxygens (including phenoxy) is 1. The fraction of sp³-hybridized carbons (Fsp3) is 0.778. The first-order valence-corrected chi connectivity index (χ1v) is 4.23. The van der Waals surface area contributed by atoms with Crippen LogP contribution in [0.4, 0.5) is 4.39 Å². The first-order chi connectivity index (χ1) is 5.31. The molecule has 1 heterocycles. The molecule has 1 aliphatic carbocycles. The van der Waals surface area contributed by atoms with E-state index in [4.69, 9.17) is 4.74 Å². The average molecular weight is 156 g/mol. The SMILES string of the molecule is FC1(C2CC=CCC2)COC1. The van der Waals surface area contributed by atoms with Crippen LogP contribution in [-0.4, -0.2) is 18.9 Å². The second kappa shape index (κ2) is 2.59. The Kier molecular flexibility index (Phi) is 1.72. The molecule has 1 atom stereocenters. The maximum atomic E-state index is 13.6. The van der Waals surface area contributed by atoms with Gasteiger partial charge in [0.25, 0.3) is 0 Å². The van der Waals surface area contributed by atoms with Crippen molar-refractivity contribution in [2.75, 3.05) is 13.2 Å². The molecule has 1 nitrogen and oxygen atoms in total. The van der Waals surface area contributed by atoms with Gasteiger partial charge >= 0.3 is 0 Å². The molecule has 0 aromatic carbocycles. The summed E-state index contributed by atoms with van der Waals surface area (Å²) in [7, 11) is 0. The quantitative estimate of drug-likeness (QED) is 0.528. The third-order valence-electron chi connectivity index (χ3n) is 2.68. The van der Waals surface area contributed by atoms with Gasteiger partial charge in [-0.1, -0.05) is 12.2 Å². The van der Waals surface area contributed by atoms with Crippen molar-refractivity contribution < 1.29 is 9.13 Å². The van der Waals surface area contributed by atoms with Gasteiger partial charge in [0.2, 0.25) is 0 Å². The van der Waals surface area contributed by atoms with Gasteiger partial charge in [-0.2, -0.15) is 0 Å². The van der Waals surface area contributed by atoms with Gasteiger partial charge in [-0.15, -0.1) is 0 Å². The van der Waals surface area contributed by atoms with Gasteiger partial charge in [0.15, 0.2) is 5.67 Å². The third-order valence-corrected chi connectivity index (χ3v) is 2.68. The normalized spacial score (nSPS) is 34.8. The molecular weight excluding hydrogens is 143 g/mol. The fourth-order valence-corrected chi connectivity index (χ4v) is 1.80. The standard InChI is InChI=1S/C9H13FO/c10-9(6-11-7-9)8-4-2-1-3-5-8/h1-2,8H,3-7H2. The summed E-state index contributed by atoms with van der Waals surface area (Å²) in [5.74, 6) is 0.223. The van der Waals surface area contributed by atoms with Gasteiger partial charge in [-0.25, -0.2) is 4.39 Å². The molecule has 0 aromatic heterocycles. The second-order valence-corrected chi connectivity index (χ2v) is 3.51. The van der Waals surface area contributed by atoms with Crippen molar-refractivity contribution in [2.45, 2.75) is 24.9 Å².